The third kappa shape index (κ3) is 9.18. The van der Waals surface area contributed by atoms with E-state index in [4.69, 9.17) is 0 Å². The first kappa shape index (κ1) is 38.5. The molecule has 14 heteroatoms. The highest BCUT2D eigenvalue weighted by Crippen LogP contribution is 2.65. The fraction of sp³-hybridized carbons (Fsp3) is 0.861. The summed E-state index contributed by atoms with van der Waals surface area (Å²) in [6.07, 6.45) is 13.3. The number of hydrogen-bond acceptors (Lipinski definition) is 7. The molecule has 3 aliphatic carbocycles. The summed E-state index contributed by atoms with van der Waals surface area (Å²) < 4.78 is 27.1. The maximum Gasteiger partial charge on any atom is 0.315 e. The second kappa shape index (κ2) is 15.9. The molecule has 5 rings (SSSR count). The van der Waals surface area contributed by atoms with Crippen LogP contribution in [0.5, 0.6) is 0 Å². The van der Waals surface area contributed by atoms with Crippen LogP contribution >= 0.6 is 0 Å². The largest absolute Gasteiger partial charge is 0.347 e. The van der Waals surface area contributed by atoms with Crippen LogP contribution in [0, 0.1) is 17.3 Å². The molecule has 2 heterocycles. The molecule has 282 valence electrons. The first-order valence-corrected chi connectivity index (χ1v) is 20.7. The van der Waals surface area contributed by atoms with Gasteiger partial charge in [-0.15, -0.1) is 0 Å². The number of carbonyl (C=O) groups is 5. The minimum absolute atomic E-state index is 0.0141. The molecule has 0 radical (unpaired) electrons. The predicted molar refractivity (Wildman–Crippen MR) is 189 cm³/mol. The Labute approximate surface area is 298 Å². The van der Waals surface area contributed by atoms with Crippen molar-refractivity contribution in [3.05, 3.63) is 0 Å². The quantitative estimate of drug-likeness (QED) is 0.279. The third-order valence-corrected chi connectivity index (χ3v) is 14.1. The van der Waals surface area contributed by atoms with E-state index in [0.717, 1.165) is 70.6 Å². The Balaban J connectivity index is 1.36. The average Bonchev–Trinajstić information content (AvgIpc) is 3.90. The molecule has 0 bridgehead atoms. The fourth-order valence-electron chi connectivity index (χ4n) is 8.64. The number of urea groups is 1. The van der Waals surface area contributed by atoms with Crippen LogP contribution in [0.15, 0.2) is 0 Å². The van der Waals surface area contributed by atoms with Gasteiger partial charge in [0.05, 0.1) is 17.3 Å². The first-order valence-electron chi connectivity index (χ1n) is 19.1. The number of piperidine rings is 1. The Bertz CT molecular complexity index is 1390. The van der Waals surface area contributed by atoms with Gasteiger partial charge in [-0.2, -0.15) is 0 Å². The van der Waals surface area contributed by atoms with E-state index in [9.17, 15) is 32.4 Å². The molecule has 0 unspecified atom stereocenters. The van der Waals surface area contributed by atoms with Gasteiger partial charge >= 0.3 is 6.03 Å². The van der Waals surface area contributed by atoms with Crippen LogP contribution in [0.25, 0.3) is 0 Å². The molecular formula is C36H60N6O7S. The number of sulfonamides is 1. The standard InChI is InChI=1S/C36H60N6O7S/c1-35(2)25-22-42-29(28(25)35)31(44)38-26(30(43)32(45)37-24-18-19-24)16-12-9-7-5-6-8-10-13-17-27(33(42)46)39-34(47)40-36(20-14-11-15-21-36)23-50(48,49)41(3)4/h24-29H,5-23H2,1-4H3,(H,37,45)(H,38,44)(H2,39,40,47)/t25-,26+,27+,28-,29-/m0/s1. The molecular weight excluding hydrogens is 660 g/mol. The van der Waals surface area contributed by atoms with Crippen molar-refractivity contribution in [3.8, 4) is 0 Å². The molecule has 3 saturated carbocycles. The van der Waals surface area contributed by atoms with Gasteiger partial charge in [0.2, 0.25) is 27.6 Å². The highest BCUT2D eigenvalue weighted by molar-refractivity contribution is 7.89. The van der Waals surface area contributed by atoms with E-state index in [1.807, 2.05) is 0 Å². The zero-order valence-corrected chi connectivity index (χ0v) is 31.4. The summed E-state index contributed by atoms with van der Waals surface area (Å²) in [6.45, 7) is 4.53. The van der Waals surface area contributed by atoms with Gasteiger partial charge in [0, 0.05) is 26.7 Å². The van der Waals surface area contributed by atoms with Crippen molar-refractivity contribution in [2.45, 2.75) is 153 Å². The summed E-state index contributed by atoms with van der Waals surface area (Å²) in [5, 5.41) is 11.6. The second-order valence-corrected chi connectivity index (χ2v) is 18.7. The van der Waals surface area contributed by atoms with E-state index >= 15 is 0 Å². The highest BCUT2D eigenvalue weighted by atomic mass is 32.2. The van der Waals surface area contributed by atoms with Crippen LogP contribution in [-0.2, 0) is 29.2 Å². The SMILES string of the molecule is CN(C)S(=O)(=O)CC1(NC(=O)N[C@@H]2CCCCCCCCCC[C@H](C(=O)C(=O)NC3CC3)NC(=O)[C@@H]3[C@@H]4[C@H](CN3C2=O)C4(C)C)CCCCC1. The molecule has 5 amide bonds. The lowest BCUT2D eigenvalue weighted by molar-refractivity contribution is -0.144. The molecule has 2 aliphatic heterocycles. The van der Waals surface area contributed by atoms with Gasteiger partial charge in [0.25, 0.3) is 5.91 Å². The number of Topliss-reactive ketones (excluding diaryl/α,β-unsaturated/α-hetero) is 1. The zero-order valence-electron chi connectivity index (χ0n) is 30.6. The maximum atomic E-state index is 14.4. The maximum absolute atomic E-state index is 14.4. The van der Waals surface area contributed by atoms with Crippen molar-refractivity contribution >= 4 is 39.6 Å². The highest BCUT2D eigenvalue weighted by Gasteiger charge is 2.69. The van der Waals surface area contributed by atoms with Crippen molar-refractivity contribution < 1.29 is 32.4 Å². The summed E-state index contributed by atoms with van der Waals surface area (Å²) in [5.41, 5.74) is -1.12. The van der Waals surface area contributed by atoms with Crippen molar-refractivity contribution in [1.82, 2.24) is 30.5 Å². The monoisotopic (exact) mass is 720 g/mol. The summed E-state index contributed by atoms with van der Waals surface area (Å²) in [7, 11) is -0.641. The normalized spacial score (nSPS) is 30.7. The van der Waals surface area contributed by atoms with Crippen LogP contribution in [0.4, 0.5) is 4.79 Å². The molecule has 5 atom stereocenters. The average molecular weight is 721 g/mol. The Morgan fingerprint density at radius 3 is 2.02 bits per heavy atom. The molecule has 2 saturated heterocycles. The van der Waals surface area contributed by atoms with Gasteiger partial charge in [0.1, 0.15) is 12.1 Å². The van der Waals surface area contributed by atoms with Crippen LogP contribution in [0.1, 0.15) is 123 Å². The summed E-state index contributed by atoms with van der Waals surface area (Å²) in [5.74, 6) is -2.33. The van der Waals surface area contributed by atoms with Crippen molar-refractivity contribution in [1.29, 1.82) is 0 Å². The van der Waals surface area contributed by atoms with Crippen LogP contribution in [-0.4, -0.2) is 103 Å². The molecule has 0 aromatic heterocycles. The Hall–Kier alpha value is -2.74. The molecule has 4 N–H and O–H groups in total. The number of carbonyl (C=O) groups excluding carboxylic acids is 5. The van der Waals surface area contributed by atoms with Gasteiger partial charge in [-0.05, 0) is 55.8 Å². The minimum atomic E-state index is -3.61. The fourth-order valence-corrected chi connectivity index (χ4v) is 9.96. The zero-order chi connectivity index (χ0) is 36.3. The van der Waals surface area contributed by atoms with Gasteiger partial charge in [-0.1, -0.05) is 84.5 Å². The van der Waals surface area contributed by atoms with Gasteiger partial charge in [-0.3, -0.25) is 19.2 Å². The van der Waals surface area contributed by atoms with E-state index in [0.29, 0.717) is 45.1 Å². The smallest absolute Gasteiger partial charge is 0.315 e. The van der Waals surface area contributed by atoms with Crippen LogP contribution < -0.4 is 21.3 Å². The minimum Gasteiger partial charge on any atom is -0.347 e. The number of ketones is 1. The number of rotatable bonds is 8. The van der Waals surface area contributed by atoms with Crippen molar-refractivity contribution in [2.24, 2.45) is 17.3 Å². The van der Waals surface area contributed by atoms with E-state index in [1.165, 1.54) is 18.4 Å². The summed E-state index contributed by atoms with van der Waals surface area (Å²) in [6, 6.07) is -3.28. The van der Waals surface area contributed by atoms with Crippen molar-refractivity contribution in [3.63, 3.8) is 0 Å². The van der Waals surface area contributed by atoms with Crippen LogP contribution in [0.2, 0.25) is 0 Å². The van der Waals surface area contributed by atoms with Crippen LogP contribution in [0.3, 0.4) is 0 Å². The summed E-state index contributed by atoms with van der Waals surface area (Å²) in [4.78, 5) is 70.1. The Morgan fingerprint density at radius 2 is 1.42 bits per heavy atom. The lowest BCUT2D eigenvalue weighted by Gasteiger charge is -2.39. The Kier molecular flexibility index (Phi) is 12.2. The van der Waals surface area contributed by atoms with Gasteiger partial charge in [-0.25, -0.2) is 17.5 Å². The van der Waals surface area contributed by atoms with Crippen molar-refractivity contribution in [2.75, 3.05) is 26.4 Å². The molecule has 13 nitrogen and oxygen atoms in total. The topological polar surface area (TPSA) is 174 Å². The van der Waals surface area contributed by atoms with E-state index in [-0.39, 0.29) is 35.0 Å². The van der Waals surface area contributed by atoms with E-state index in [1.54, 1.807) is 4.90 Å². The number of amides is 5. The van der Waals surface area contributed by atoms with Gasteiger partial charge < -0.3 is 26.2 Å². The molecule has 5 fully saturated rings. The molecule has 0 aromatic rings. The molecule has 5 aliphatic rings. The lowest BCUT2D eigenvalue weighted by atomic mass is 9.83. The lowest BCUT2D eigenvalue weighted by Crippen LogP contribution is -2.62. The molecule has 50 heavy (non-hydrogen) atoms. The van der Waals surface area contributed by atoms with Gasteiger partial charge in [0.15, 0.2) is 0 Å². The number of hydrogen-bond donors (Lipinski definition) is 4. The third-order valence-electron chi connectivity index (χ3n) is 12.1. The number of nitrogens with zero attached hydrogens (tertiary/aromatic N) is 2. The number of nitrogens with one attached hydrogen (secondary N) is 4. The van der Waals surface area contributed by atoms with E-state index < -0.39 is 57.3 Å². The summed E-state index contributed by atoms with van der Waals surface area (Å²) >= 11 is 0. The molecule has 0 aromatic carbocycles. The second-order valence-electron chi connectivity index (χ2n) is 16.5. The number of fused-ring (bicyclic) bond motifs is 3. The Morgan fingerprint density at radius 1 is 0.840 bits per heavy atom. The predicted octanol–water partition coefficient (Wildman–Crippen LogP) is 2.98. The van der Waals surface area contributed by atoms with E-state index in [2.05, 4.69) is 35.1 Å². The molecule has 0 spiro atoms. The first-order chi connectivity index (χ1) is 23.6.